The molecular weight excluding hydrogens is 821 g/mol. The zero-order valence-electron chi connectivity index (χ0n) is 39.6. The fourth-order valence-corrected chi connectivity index (χ4v) is 9.14. The summed E-state index contributed by atoms with van der Waals surface area (Å²) in [5.41, 5.74) is 11.3. The van der Waals surface area contributed by atoms with Gasteiger partial charge in [0.15, 0.2) is 0 Å². The summed E-state index contributed by atoms with van der Waals surface area (Å²) in [5.74, 6) is -1.70. The van der Waals surface area contributed by atoms with Crippen LogP contribution in [0, 0.1) is 11.3 Å². The minimum atomic E-state index is -1.01. The molecule has 348 valence electrons. The van der Waals surface area contributed by atoms with Crippen molar-refractivity contribution in [1.29, 1.82) is 0 Å². The van der Waals surface area contributed by atoms with Crippen LogP contribution in [0.2, 0.25) is 0 Å². The lowest BCUT2D eigenvalue weighted by Crippen LogP contribution is -2.62. The van der Waals surface area contributed by atoms with Crippen LogP contribution in [0.15, 0.2) is 70.9 Å². The van der Waals surface area contributed by atoms with E-state index in [0.717, 1.165) is 58.2 Å². The lowest BCUT2D eigenvalue weighted by atomic mass is 9.84. The second-order valence-electron chi connectivity index (χ2n) is 18.4. The van der Waals surface area contributed by atoms with E-state index in [1.807, 2.05) is 38.4 Å². The van der Waals surface area contributed by atoms with Crippen molar-refractivity contribution in [2.45, 2.75) is 118 Å². The molecular formula is C51H68N8O6. The third-order valence-corrected chi connectivity index (χ3v) is 12.5. The van der Waals surface area contributed by atoms with E-state index in [1.54, 1.807) is 14.2 Å². The molecule has 14 heteroatoms. The van der Waals surface area contributed by atoms with Gasteiger partial charge in [-0.15, -0.1) is 0 Å². The van der Waals surface area contributed by atoms with E-state index in [1.165, 1.54) is 21.0 Å². The number of hydrogen-bond acceptors (Lipinski definition) is 10. The molecule has 1 fully saturated rings. The lowest BCUT2D eigenvalue weighted by Gasteiger charge is -2.36. The highest BCUT2D eigenvalue weighted by atomic mass is 16.5. The number of aliphatic imine (C=N–C) groups is 2. The number of likely N-dealkylation sites (N-methyl/N-ethyl adjacent to an activating group) is 1. The summed E-state index contributed by atoms with van der Waals surface area (Å²) in [6, 6.07) is 16.9. The van der Waals surface area contributed by atoms with Gasteiger partial charge in [0, 0.05) is 81.0 Å². The van der Waals surface area contributed by atoms with Gasteiger partial charge in [0.1, 0.15) is 18.1 Å². The van der Waals surface area contributed by atoms with Gasteiger partial charge in [-0.1, -0.05) is 65.0 Å². The van der Waals surface area contributed by atoms with Gasteiger partial charge < -0.3 is 24.3 Å². The van der Waals surface area contributed by atoms with Crippen LogP contribution in [0.3, 0.4) is 0 Å². The number of aryl methyl sites for hydroxylation is 2. The molecule has 2 aromatic heterocycles. The number of methoxy groups -OCH3 is 1. The maximum absolute atomic E-state index is 14.6. The number of hydrazine groups is 1. The minimum Gasteiger partial charge on any atom is -0.464 e. The maximum Gasteiger partial charge on any atom is 0.324 e. The minimum absolute atomic E-state index is 0.171. The molecule has 6 bridgehead atoms. The van der Waals surface area contributed by atoms with Crippen molar-refractivity contribution in [3.8, 4) is 22.4 Å². The third kappa shape index (κ3) is 12.0. The number of aromatic nitrogens is 2. The maximum atomic E-state index is 14.6. The highest BCUT2D eigenvalue weighted by molar-refractivity contribution is 5.96. The van der Waals surface area contributed by atoms with Crippen LogP contribution >= 0.6 is 0 Å². The summed E-state index contributed by atoms with van der Waals surface area (Å²) in [5, 5.41) is 5.64. The normalized spacial score (nSPS) is 18.1. The molecule has 2 aliphatic rings. The molecule has 0 spiro atoms. The lowest BCUT2D eigenvalue weighted by molar-refractivity contribution is -0.155. The Hall–Kier alpha value is -5.69. The first kappa shape index (κ1) is 48.8. The van der Waals surface area contributed by atoms with E-state index >= 15 is 0 Å². The number of cyclic esters (lactones) is 1. The van der Waals surface area contributed by atoms with Crippen LogP contribution in [-0.2, 0) is 54.5 Å². The average Bonchev–Trinajstić information content (AvgIpc) is 3.60. The fraction of sp³-hybridized carbons (Fsp3) is 0.529. The number of ether oxygens (including phenoxy) is 2. The smallest absolute Gasteiger partial charge is 0.324 e. The molecule has 0 radical (unpaired) electrons. The van der Waals surface area contributed by atoms with Crippen molar-refractivity contribution in [3.63, 3.8) is 0 Å². The van der Waals surface area contributed by atoms with E-state index in [0.29, 0.717) is 51.9 Å². The van der Waals surface area contributed by atoms with Crippen molar-refractivity contribution in [1.82, 2.24) is 30.2 Å². The van der Waals surface area contributed by atoms with Crippen molar-refractivity contribution < 1.29 is 28.7 Å². The zero-order chi connectivity index (χ0) is 46.7. The van der Waals surface area contributed by atoms with Crippen LogP contribution in [0.4, 0.5) is 0 Å². The van der Waals surface area contributed by atoms with Gasteiger partial charge in [-0.05, 0) is 97.4 Å². The first-order chi connectivity index (χ1) is 31.3. The fourth-order valence-electron chi connectivity index (χ4n) is 9.14. The summed E-state index contributed by atoms with van der Waals surface area (Å²) < 4.78 is 13.5. The van der Waals surface area contributed by atoms with E-state index in [2.05, 4.69) is 100 Å². The summed E-state index contributed by atoms with van der Waals surface area (Å²) >= 11 is 0. The van der Waals surface area contributed by atoms with Crippen LogP contribution in [0.25, 0.3) is 33.3 Å². The number of nitrogens with zero attached hydrogens (tertiary/aromatic N) is 6. The molecule has 2 N–H and O–H groups in total. The molecule has 1 saturated heterocycles. The van der Waals surface area contributed by atoms with E-state index in [9.17, 15) is 19.2 Å². The van der Waals surface area contributed by atoms with E-state index in [4.69, 9.17) is 9.47 Å². The predicted octanol–water partition coefficient (Wildman–Crippen LogP) is 7.07. The van der Waals surface area contributed by atoms with Crippen molar-refractivity contribution in [2.75, 3.05) is 47.0 Å². The number of esters is 1. The second kappa shape index (κ2) is 22.5. The van der Waals surface area contributed by atoms with Gasteiger partial charge in [-0.2, -0.15) is 0 Å². The number of benzene rings is 2. The molecule has 65 heavy (non-hydrogen) atoms. The Kier molecular flexibility index (Phi) is 16.9. The molecule has 3 atom stereocenters. The largest absolute Gasteiger partial charge is 0.464 e. The molecule has 0 aliphatic carbocycles. The zero-order valence-corrected chi connectivity index (χ0v) is 39.6. The first-order valence-electron chi connectivity index (χ1n) is 23.3. The Bertz CT molecular complexity index is 2380. The molecule has 3 amide bonds. The van der Waals surface area contributed by atoms with Gasteiger partial charge in [-0.3, -0.25) is 29.2 Å². The van der Waals surface area contributed by atoms with Gasteiger partial charge in [-0.25, -0.2) is 15.4 Å². The summed E-state index contributed by atoms with van der Waals surface area (Å²) in [4.78, 5) is 70.7. The standard InChI is InChI=1S/C51H68N8O6/c1-9-36-21-24-52-31-41(36)47-40-30-51(5,6)32-65-50(63)42-17-13-25-59(56-42)49(62)43(28-35-15-11-16-37(27-35)38-19-20-44(39(40)29-38)58(47)10-2)55-48(61)46(34(3)4)57(7)45(60)18-12-22-53-33-54-23-14-26-64-8/h11,15-16,19-21,24,27,29,31,34,42-43,46,56H,9-10,12-14,17-18,22-23,25-26,28,30,32H2,1-8H3,(H,55,61)/t42-,43-,46-/m0/s1. The number of amides is 3. The van der Waals surface area contributed by atoms with E-state index in [-0.39, 0.29) is 37.2 Å². The molecule has 4 heterocycles. The number of pyridine rings is 1. The van der Waals surface area contributed by atoms with Crippen molar-refractivity contribution in [3.05, 3.63) is 77.6 Å². The van der Waals surface area contributed by atoms with Crippen LogP contribution < -0.4 is 10.7 Å². The van der Waals surface area contributed by atoms with Gasteiger partial charge >= 0.3 is 5.97 Å². The highest BCUT2D eigenvalue weighted by Gasteiger charge is 2.37. The Balaban J connectivity index is 1.34. The topological polar surface area (TPSA) is 160 Å². The monoisotopic (exact) mass is 889 g/mol. The summed E-state index contributed by atoms with van der Waals surface area (Å²) in [6.45, 7) is 15.2. The van der Waals surface area contributed by atoms with E-state index < -0.39 is 35.4 Å². The second-order valence-corrected chi connectivity index (χ2v) is 18.4. The summed E-state index contributed by atoms with van der Waals surface area (Å²) in [7, 11) is 3.27. The molecule has 0 unspecified atom stereocenters. The molecule has 2 aliphatic heterocycles. The third-order valence-electron chi connectivity index (χ3n) is 12.5. The molecule has 2 aromatic carbocycles. The molecule has 14 nitrogen and oxygen atoms in total. The number of carbonyl (C=O) groups excluding carboxylic acids is 4. The number of hydrogen-bond donors (Lipinski definition) is 2. The Morgan fingerprint density at radius 1 is 1.08 bits per heavy atom. The number of fused-ring (bicyclic) bond motifs is 6. The van der Waals surface area contributed by atoms with Crippen LogP contribution in [0.5, 0.6) is 0 Å². The van der Waals surface area contributed by atoms with Gasteiger partial charge in [0.25, 0.3) is 5.91 Å². The van der Waals surface area contributed by atoms with Crippen molar-refractivity contribution in [2.24, 2.45) is 21.3 Å². The number of rotatable bonds is 15. The predicted molar refractivity (Wildman–Crippen MR) is 254 cm³/mol. The SMILES string of the molecule is CCc1ccncc1-c1c2c3cc(ccc3n1CC)-c1cccc(c1)C[C@H](NC(=O)[C@H](C(C)C)N(C)C(=O)CCCN=C=NCCCOC)C(=O)N1CCC[C@H](N1)C(=O)OCC(C)(C)C2. The van der Waals surface area contributed by atoms with Crippen LogP contribution in [-0.4, -0.2) is 114 Å². The Morgan fingerprint density at radius 3 is 2.58 bits per heavy atom. The average molecular weight is 889 g/mol. The Morgan fingerprint density at radius 2 is 1.85 bits per heavy atom. The molecule has 0 saturated carbocycles. The number of carbonyl (C=O) groups is 4. The van der Waals surface area contributed by atoms with Gasteiger partial charge in [0.2, 0.25) is 11.8 Å². The molecule has 4 aromatic rings. The summed E-state index contributed by atoms with van der Waals surface area (Å²) in [6.07, 6.45) is 7.99. The Labute approximate surface area is 384 Å². The molecule has 6 rings (SSSR count). The van der Waals surface area contributed by atoms with Crippen LogP contribution in [0.1, 0.15) is 90.3 Å². The van der Waals surface area contributed by atoms with Crippen molar-refractivity contribution >= 4 is 40.6 Å². The van der Waals surface area contributed by atoms with Gasteiger partial charge in [0.05, 0.1) is 31.4 Å². The quantitative estimate of drug-likeness (QED) is 0.0729. The first-order valence-corrected chi connectivity index (χ1v) is 23.3. The highest BCUT2D eigenvalue weighted by Crippen LogP contribution is 2.41. The number of nitrogens with one attached hydrogen (secondary N) is 2.